The highest BCUT2D eigenvalue weighted by atomic mass is 16.5. The molecule has 4 rings (SSSR count). The van der Waals surface area contributed by atoms with Crippen molar-refractivity contribution in [2.24, 2.45) is 0 Å². The van der Waals surface area contributed by atoms with Gasteiger partial charge >= 0.3 is 0 Å². The molecule has 4 heterocycles. The van der Waals surface area contributed by atoms with E-state index in [1.54, 1.807) is 0 Å². The number of rotatable bonds is 3. The molecule has 4 saturated heterocycles. The Labute approximate surface area is 198 Å². The molecule has 2 bridgehead atoms. The third kappa shape index (κ3) is 4.66. The second-order valence-corrected chi connectivity index (χ2v) is 14.0. The van der Waals surface area contributed by atoms with Crippen LogP contribution >= 0.6 is 0 Å². The van der Waals surface area contributed by atoms with Crippen molar-refractivity contribution in [1.29, 1.82) is 0 Å². The predicted molar refractivity (Wildman–Crippen MR) is 132 cm³/mol. The van der Waals surface area contributed by atoms with Gasteiger partial charge in [0.25, 0.3) is 0 Å². The molecule has 32 heavy (non-hydrogen) atoms. The first-order valence-corrected chi connectivity index (χ1v) is 13.3. The van der Waals surface area contributed by atoms with Gasteiger partial charge in [-0.15, -0.1) is 0 Å². The van der Waals surface area contributed by atoms with Crippen molar-refractivity contribution in [2.45, 2.75) is 141 Å². The van der Waals surface area contributed by atoms with Gasteiger partial charge in [-0.05, 0) is 101 Å². The van der Waals surface area contributed by atoms with Crippen LogP contribution in [-0.2, 0) is 9.47 Å². The van der Waals surface area contributed by atoms with E-state index in [9.17, 15) is 0 Å². The second kappa shape index (κ2) is 8.48. The van der Waals surface area contributed by atoms with Gasteiger partial charge in [0.15, 0.2) is 0 Å². The zero-order valence-electron chi connectivity index (χ0n) is 22.5. The van der Waals surface area contributed by atoms with Crippen LogP contribution in [0.3, 0.4) is 0 Å². The summed E-state index contributed by atoms with van der Waals surface area (Å²) in [5, 5.41) is 0. The van der Waals surface area contributed by atoms with Gasteiger partial charge in [-0.1, -0.05) is 0 Å². The molecule has 5 unspecified atom stereocenters. The van der Waals surface area contributed by atoms with Crippen LogP contribution in [0.2, 0.25) is 0 Å². The van der Waals surface area contributed by atoms with E-state index in [0.29, 0.717) is 24.2 Å². The Morgan fingerprint density at radius 1 is 0.812 bits per heavy atom. The Hall–Kier alpha value is -0.200. The van der Waals surface area contributed by atoms with Crippen LogP contribution < -0.4 is 0 Å². The Bertz CT molecular complexity index is 661. The van der Waals surface area contributed by atoms with Crippen molar-refractivity contribution in [2.75, 3.05) is 32.8 Å². The topological polar surface area (TPSA) is 28.2 Å². The second-order valence-electron chi connectivity index (χ2n) is 14.0. The number of morpholine rings is 2. The van der Waals surface area contributed by atoms with E-state index in [2.05, 4.69) is 77.0 Å². The lowest BCUT2D eigenvalue weighted by Gasteiger charge is -2.58. The molecule has 0 saturated carbocycles. The molecule has 186 valence electrons. The van der Waals surface area contributed by atoms with Crippen LogP contribution in [0.25, 0.3) is 0 Å². The van der Waals surface area contributed by atoms with E-state index in [-0.39, 0.29) is 22.2 Å². The Balaban J connectivity index is 1.60. The van der Waals surface area contributed by atoms with Gasteiger partial charge in [0, 0.05) is 41.8 Å². The molecule has 4 aliphatic rings. The Morgan fingerprint density at radius 3 is 2.09 bits per heavy atom. The van der Waals surface area contributed by atoms with E-state index in [1.807, 2.05) is 0 Å². The molecule has 0 amide bonds. The van der Waals surface area contributed by atoms with Gasteiger partial charge in [0.1, 0.15) is 0 Å². The first-order valence-electron chi connectivity index (χ1n) is 13.3. The summed E-state index contributed by atoms with van der Waals surface area (Å²) in [6.45, 7) is 26.3. The molecule has 5 nitrogen and oxygen atoms in total. The molecule has 0 aromatic heterocycles. The Kier molecular flexibility index (Phi) is 6.60. The molecule has 0 radical (unpaired) electrons. The molecule has 4 fully saturated rings. The molecule has 0 aliphatic carbocycles. The average molecular weight is 450 g/mol. The summed E-state index contributed by atoms with van der Waals surface area (Å²) in [6, 6.07) is 1.52. The number of likely N-dealkylation sites (tertiary alicyclic amines) is 2. The molecule has 0 spiro atoms. The van der Waals surface area contributed by atoms with Crippen LogP contribution in [0, 0.1) is 0 Å². The summed E-state index contributed by atoms with van der Waals surface area (Å²) in [7, 11) is 0. The SMILES string of the molecule is CC(C)(C)N1CCCC1CC1C2CCC(C3COCCN3C(C)(C)C)(CN1C(C)(C)C)O2. The quantitative estimate of drug-likeness (QED) is 0.631. The number of hydrogen-bond acceptors (Lipinski definition) is 5. The van der Waals surface area contributed by atoms with Gasteiger partial charge < -0.3 is 9.47 Å². The first-order chi connectivity index (χ1) is 14.7. The molecule has 5 atom stereocenters. The summed E-state index contributed by atoms with van der Waals surface area (Å²) >= 11 is 0. The molecule has 4 aliphatic heterocycles. The van der Waals surface area contributed by atoms with Crippen molar-refractivity contribution in [1.82, 2.24) is 14.7 Å². The lowest BCUT2D eigenvalue weighted by molar-refractivity contribution is -0.215. The van der Waals surface area contributed by atoms with Crippen molar-refractivity contribution in [3.8, 4) is 0 Å². The minimum absolute atomic E-state index is 0.110. The predicted octanol–water partition coefficient (Wildman–Crippen LogP) is 4.54. The third-order valence-electron chi connectivity index (χ3n) is 8.72. The molecule has 5 heteroatoms. The summed E-state index contributed by atoms with van der Waals surface area (Å²) in [5.41, 5.74) is 0.400. The zero-order chi connectivity index (χ0) is 23.5. The lowest BCUT2D eigenvalue weighted by atomic mass is 9.84. The van der Waals surface area contributed by atoms with Crippen LogP contribution in [0.15, 0.2) is 0 Å². The van der Waals surface area contributed by atoms with Crippen molar-refractivity contribution >= 4 is 0 Å². The molecule has 0 aromatic rings. The summed E-state index contributed by atoms with van der Waals surface area (Å²) < 4.78 is 13.2. The fourth-order valence-corrected chi connectivity index (χ4v) is 7.25. The van der Waals surface area contributed by atoms with Crippen molar-refractivity contribution in [3.05, 3.63) is 0 Å². The molecule has 0 aromatic carbocycles. The van der Waals surface area contributed by atoms with Crippen molar-refractivity contribution < 1.29 is 9.47 Å². The zero-order valence-corrected chi connectivity index (χ0v) is 22.5. The van der Waals surface area contributed by atoms with Gasteiger partial charge in [0.05, 0.1) is 31.0 Å². The Morgan fingerprint density at radius 2 is 1.47 bits per heavy atom. The van der Waals surface area contributed by atoms with Gasteiger partial charge in [-0.2, -0.15) is 0 Å². The highest BCUT2D eigenvalue weighted by molar-refractivity contribution is 5.12. The standard InChI is InChI=1S/C27H51N3O2/c1-24(2,3)28-14-10-11-20(28)17-21-22-12-13-27(32-22,19-30(21)26(7,8)9)23-18-31-16-15-29(23)25(4,5)6/h20-23H,10-19H2,1-9H3. The minimum Gasteiger partial charge on any atom is -0.378 e. The molecule has 0 N–H and O–H groups in total. The first kappa shape index (κ1) is 24.9. The van der Waals surface area contributed by atoms with Crippen LogP contribution in [0.5, 0.6) is 0 Å². The molecular formula is C27H51N3O2. The fourth-order valence-electron chi connectivity index (χ4n) is 7.25. The number of fused-ring (bicyclic) bond motifs is 2. The average Bonchev–Trinajstić information content (AvgIpc) is 3.28. The third-order valence-corrected chi connectivity index (χ3v) is 8.72. The summed E-state index contributed by atoms with van der Waals surface area (Å²) in [5.74, 6) is 0. The largest absolute Gasteiger partial charge is 0.378 e. The maximum absolute atomic E-state index is 7.14. The fraction of sp³-hybridized carbons (Fsp3) is 1.00. The van der Waals surface area contributed by atoms with E-state index in [0.717, 1.165) is 32.7 Å². The van der Waals surface area contributed by atoms with Crippen LogP contribution in [-0.4, -0.2) is 94.0 Å². The van der Waals surface area contributed by atoms with Gasteiger partial charge in [0.2, 0.25) is 0 Å². The number of ether oxygens (including phenoxy) is 2. The lowest BCUT2D eigenvalue weighted by Crippen LogP contribution is -2.71. The van der Waals surface area contributed by atoms with Crippen LogP contribution in [0.1, 0.15) is 94.4 Å². The normalized spacial score (nSPS) is 38.5. The minimum atomic E-state index is -0.110. The smallest absolute Gasteiger partial charge is 0.0991 e. The maximum atomic E-state index is 7.14. The number of hydrogen-bond donors (Lipinski definition) is 0. The number of nitrogens with zero attached hydrogens (tertiary/aromatic N) is 3. The van der Waals surface area contributed by atoms with E-state index in [4.69, 9.17) is 9.47 Å². The summed E-state index contributed by atoms with van der Waals surface area (Å²) in [6.07, 6.45) is 6.59. The highest BCUT2D eigenvalue weighted by Crippen LogP contribution is 2.48. The van der Waals surface area contributed by atoms with Crippen molar-refractivity contribution in [3.63, 3.8) is 0 Å². The highest BCUT2D eigenvalue weighted by Gasteiger charge is 2.59. The van der Waals surface area contributed by atoms with E-state index in [1.165, 1.54) is 32.2 Å². The monoisotopic (exact) mass is 449 g/mol. The van der Waals surface area contributed by atoms with E-state index < -0.39 is 0 Å². The summed E-state index contributed by atoms with van der Waals surface area (Å²) in [4.78, 5) is 8.28. The maximum Gasteiger partial charge on any atom is 0.0991 e. The molecular weight excluding hydrogens is 398 g/mol. The van der Waals surface area contributed by atoms with Crippen LogP contribution in [0.4, 0.5) is 0 Å². The van der Waals surface area contributed by atoms with Gasteiger partial charge in [-0.25, -0.2) is 0 Å². The van der Waals surface area contributed by atoms with E-state index >= 15 is 0 Å². The van der Waals surface area contributed by atoms with Gasteiger partial charge in [-0.3, -0.25) is 14.7 Å².